The van der Waals surface area contributed by atoms with Crippen molar-refractivity contribution >= 4 is 53.3 Å². The molecule has 198 valence electrons. The Kier molecular flexibility index (Phi) is 9.00. The zero-order chi connectivity index (χ0) is 27.4. The summed E-state index contributed by atoms with van der Waals surface area (Å²) in [7, 11) is -6.59. The lowest BCUT2D eigenvalue weighted by Gasteiger charge is -2.24. The first-order chi connectivity index (χ1) is 17.3. The van der Waals surface area contributed by atoms with Crippen LogP contribution < -0.4 is 19.1 Å². The third-order valence-electron chi connectivity index (χ3n) is 5.14. The van der Waals surface area contributed by atoms with Gasteiger partial charge in [-0.3, -0.25) is 9.10 Å². The van der Waals surface area contributed by atoms with Gasteiger partial charge in [-0.05, 0) is 69.3 Å². The van der Waals surface area contributed by atoms with E-state index in [1.54, 1.807) is 50.2 Å². The van der Waals surface area contributed by atoms with E-state index in [-0.39, 0.29) is 33.0 Å². The Labute approximate surface area is 226 Å². The number of anilines is 2. The molecule has 0 heterocycles. The molecule has 0 radical (unpaired) electrons. The maximum atomic E-state index is 13.6. The highest BCUT2D eigenvalue weighted by Crippen LogP contribution is 2.29. The maximum absolute atomic E-state index is 13.6. The number of nitrogens with one attached hydrogen (secondary N) is 2. The summed E-state index contributed by atoms with van der Waals surface area (Å²) >= 11 is 3.34. The summed E-state index contributed by atoms with van der Waals surface area (Å²) < 4.78 is 61.8. The van der Waals surface area contributed by atoms with Gasteiger partial charge < -0.3 is 10.1 Å². The van der Waals surface area contributed by atoms with E-state index < -0.39 is 32.5 Å². The van der Waals surface area contributed by atoms with E-state index in [9.17, 15) is 21.6 Å². The van der Waals surface area contributed by atoms with Crippen molar-refractivity contribution in [3.05, 3.63) is 76.8 Å². The van der Waals surface area contributed by atoms with Gasteiger partial charge >= 0.3 is 0 Å². The van der Waals surface area contributed by atoms with E-state index in [0.717, 1.165) is 9.87 Å². The number of methoxy groups -OCH3 is 1. The van der Waals surface area contributed by atoms with Crippen LogP contribution in [-0.4, -0.2) is 42.4 Å². The quantitative estimate of drug-likeness (QED) is 0.354. The van der Waals surface area contributed by atoms with E-state index in [1.165, 1.54) is 37.4 Å². The van der Waals surface area contributed by atoms with E-state index >= 15 is 0 Å². The fraction of sp³-hybridized carbons (Fsp3) is 0.240. The van der Waals surface area contributed by atoms with Crippen molar-refractivity contribution in [3.63, 3.8) is 0 Å². The molecule has 0 aliphatic heterocycles. The fourth-order valence-corrected chi connectivity index (χ4v) is 6.51. The van der Waals surface area contributed by atoms with Gasteiger partial charge in [-0.2, -0.15) is 0 Å². The molecule has 0 aliphatic carbocycles. The highest BCUT2D eigenvalue weighted by atomic mass is 79.9. The number of carbonyl (C=O) groups excluding carboxylic acids is 1. The molecule has 0 unspecified atom stereocenters. The Morgan fingerprint density at radius 1 is 0.973 bits per heavy atom. The maximum Gasteiger partial charge on any atom is 0.264 e. The predicted octanol–water partition coefficient (Wildman–Crippen LogP) is 4.29. The number of sulfonamides is 2. The number of hydrogen-bond donors (Lipinski definition) is 2. The fourth-order valence-electron chi connectivity index (χ4n) is 3.43. The van der Waals surface area contributed by atoms with Crippen molar-refractivity contribution in [3.8, 4) is 5.75 Å². The van der Waals surface area contributed by atoms with Crippen LogP contribution in [0.15, 0.2) is 81.0 Å². The number of carbonyl (C=O) groups is 1. The van der Waals surface area contributed by atoms with Gasteiger partial charge in [-0.1, -0.05) is 39.7 Å². The molecule has 9 nitrogen and oxygen atoms in total. The number of halogens is 1. The minimum atomic E-state index is -4.12. The lowest BCUT2D eigenvalue weighted by Crippen LogP contribution is -2.38. The Hall–Kier alpha value is -2.93. The van der Waals surface area contributed by atoms with Crippen LogP contribution in [0.25, 0.3) is 0 Å². The second-order valence-corrected chi connectivity index (χ2v) is 13.0. The van der Waals surface area contributed by atoms with Crippen molar-refractivity contribution in [1.82, 2.24) is 4.72 Å². The smallest absolute Gasteiger partial charge is 0.264 e. The molecule has 0 saturated carbocycles. The van der Waals surface area contributed by atoms with Crippen LogP contribution in [0, 0.1) is 6.92 Å². The highest BCUT2D eigenvalue weighted by molar-refractivity contribution is 9.10. The second kappa shape index (κ2) is 11.6. The lowest BCUT2D eigenvalue weighted by atomic mass is 10.2. The second-order valence-electron chi connectivity index (χ2n) is 8.49. The van der Waals surface area contributed by atoms with E-state index in [2.05, 4.69) is 26.0 Å². The standard InChI is InChI=1S/C25H28BrN3O6S2/c1-17(2)28-36(31,32)22-12-13-24(35-4)23(15-22)27-25(30)16-29(20-7-5-6-19(26)14-20)37(33,34)21-10-8-18(3)9-11-21/h5-15,17,28H,16H2,1-4H3,(H,27,30). The molecule has 3 rings (SSSR count). The molecule has 0 spiro atoms. The normalized spacial score (nSPS) is 11.8. The minimum Gasteiger partial charge on any atom is -0.495 e. The van der Waals surface area contributed by atoms with Gasteiger partial charge in [0.1, 0.15) is 12.3 Å². The first kappa shape index (κ1) is 28.6. The van der Waals surface area contributed by atoms with Crippen LogP contribution in [-0.2, 0) is 24.8 Å². The molecule has 12 heteroatoms. The highest BCUT2D eigenvalue weighted by Gasteiger charge is 2.28. The van der Waals surface area contributed by atoms with Gasteiger partial charge in [0.15, 0.2) is 0 Å². The Morgan fingerprint density at radius 2 is 1.62 bits per heavy atom. The van der Waals surface area contributed by atoms with Gasteiger partial charge in [-0.25, -0.2) is 21.6 Å². The Bertz CT molecular complexity index is 1490. The molecular formula is C25H28BrN3O6S2. The summed E-state index contributed by atoms with van der Waals surface area (Å²) in [6.45, 7) is 4.65. The summed E-state index contributed by atoms with van der Waals surface area (Å²) in [5.41, 5.74) is 1.25. The lowest BCUT2D eigenvalue weighted by molar-refractivity contribution is -0.114. The van der Waals surface area contributed by atoms with E-state index in [0.29, 0.717) is 4.47 Å². The molecule has 3 aromatic carbocycles. The first-order valence-electron chi connectivity index (χ1n) is 11.2. The molecule has 37 heavy (non-hydrogen) atoms. The van der Waals surface area contributed by atoms with Crippen molar-refractivity contribution in [2.75, 3.05) is 23.3 Å². The molecule has 1 amide bonds. The average molecular weight is 611 g/mol. The zero-order valence-corrected chi connectivity index (χ0v) is 23.9. The molecule has 0 saturated heterocycles. The van der Waals surface area contributed by atoms with Crippen molar-refractivity contribution in [1.29, 1.82) is 0 Å². The van der Waals surface area contributed by atoms with E-state index in [1.807, 2.05) is 6.92 Å². The summed E-state index contributed by atoms with van der Waals surface area (Å²) in [4.78, 5) is 13.1. The van der Waals surface area contributed by atoms with Crippen LogP contribution >= 0.6 is 15.9 Å². The van der Waals surface area contributed by atoms with Crippen LogP contribution in [0.4, 0.5) is 11.4 Å². The van der Waals surface area contributed by atoms with Crippen LogP contribution in [0.5, 0.6) is 5.75 Å². The molecule has 3 aromatic rings. The molecule has 0 aliphatic rings. The summed E-state index contributed by atoms with van der Waals surface area (Å²) in [6, 6.07) is 16.6. The number of benzene rings is 3. The molecule has 2 N–H and O–H groups in total. The number of rotatable bonds is 10. The summed E-state index contributed by atoms with van der Waals surface area (Å²) in [5.74, 6) is -0.479. The number of aryl methyl sites for hydroxylation is 1. The van der Waals surface area contributed by atoms with Gasteiger partial charge in [0.25, 0.3) is 10.0 Å². The molecule has 0 aromatic heterocycles. The largest absolute Gasteiger partial charge is 0.495 e. The number of nitrogens with zero attached hydrogens (tertiary/aromatic N) is 1. The Morgan fingerprint density at radius 3 is 2.22 bits per heavy atom. The van der Waals surface area contributed by atoms with Gasteiger partial charge in [0.2, 0.25) is 15.9 Å². The third kappa shape index (κ3) is 7.10. The predicted molar refractivity (Wildman–Crippen MR) is 147 cm³/mol. The third-order valence-corrected chi connectivity index (χ3v) is 9.08. The Balaban J connectivity index is 1.98. The SMILES string of the molecule is COc1ccc(S(=O)(=O)NC(C)C)cc1NC(=O)CN(c1cccc(Br)c1)S(=O)(=O)c1ccc(C)cc1. The molecule has 0 bridgehead atoms. The first-order valence-corrected chi connectivity index (χ1v) is 14.9. The number of ether oxygens (including phenoxy) is 1. The topological polar surface area (TPSA) is 122 Å². The monoisotopic (exact) mass is 609 g/mol. The van der Waals surface area contributed by atoms with Crippen LogP contribution in [0.1, 0.15) is 19.4 Å². The van der Waals surface area contributed by atoms with Gasteiger partial charge in [-0.15, -0.1) is 0 Å². The summed E-state index contributed by atoms with van der Waals surface area (Å²) in [6.07, 6.45) is 0. The molecule has 0 fully saturated rings. The molecule has 0 atom stereocenters. The van der Waals surface area contributed by atoms with Crippen molar-refractivity contribution < 1.29 is 26.4 Å². The summed E-state index contributed by atoms with van der Waals surface area (Å²) in [5, 5.41) is 2.60. The minimum absolute atomic E-state index is 0.0244. The number of hydrogen-bond acceptors (Lipinski definition) is 6. The average Bonchev–Trinajstić information content (AvgIpc) is 2.82. The van der Waals surface area contributed by atoms with Gasteiger partial charge in [0, 0.05) is 10.5 Å². The van der Waals surface area contributed by atoms with Crippen molar-refractivity contribution in [2.24, 2.45) is 0 Å². The zero-order valence-electron chi connectivity index (χ0n) is 20.7. The van der Waals surface area contributed by atoms with Crippen LogP contribution in [0.3, 0.4) is 0 Å². The van der Waals surface area contributed by atoms with Crippen molar-refractivity contribution in [2.45, 2.75) is 36.6 Å². The van der Waals surface area contributed by atoms with Gasteiger partial charge in [0.05, 0.1) is 28.3 Å². The molecular weight excluding hydrogens is 582 g/mol. The van der Waals surface area contributed by atoms with Crippen LogP contribution in [0.2, 0.25) is 0 Å². The number of amides is 1. The van der Waals surface area contributed by atoms with E-state index in [4.69, 9.17) is 4.74 Å².